The highest BCUT2D eigenvalue weighted by atomic mass is 32.1. The van der Waals surface area contributed by atoms with Crippen LogP contribution in [-0.2, 0) is 0 Å². The van der Waals surface area contributed by atoms with Gasteiger partial charge < -0.3 is 11.1 Å². The summed E-state index contributed by atoms with van der Waals surface area (Å²) < 4.78 is 1.49. The number of carbonyl (C=O) groups excluding carboxylic acids is 1. The van der Waals surface area contributed by atoms with Crippen molar-refractivity contribution in [2.45, 2.75) is 26.9 Å². The number of carbonyl (C=O) groups is 1. The maximum absolute atomic E-state index is 13.2. The Kier molecular flexibility index (Phi) is 5.25. The van der Waals surface area contributed by atoms with Crippen molar-refractivity contribution < 1.29 is 4.79 Å². The molecule has 0 aliphatic carbocycles. The normalized spacial score (nSPS) is 12.6. The van der Waals surface area contributed by atoms with Crippen molar-refractivity contribution >= 4 is 43.1 Å². The van der Waals surface area contributed by atoms with Gasteiger partial charge in [0.05, 0.1) is 21.8 Å². The van der Waals surface area contributed by atoms with E-state index in [-0.39, 0.29) is 11.6 Å². The predicted octanol–water partition coefficient (Wildman–Crippen LogP) is 3.61. The van der Waals surface area contributed by atoms with Crippen LogP contribution in [0.1, 0.15) is 31.1 Å². The molecule has 3 aromatic rings. The molecule has 0 aliphatic rings. The van der Waals surface area contributed by atoms with E-state index in [1.54, 1.807) is 12.1 Å². The molecular weight excluding hydrogens is 346 g/mol. The molecule has 1 aromatic heterocycles. The van der Waals surface area contributed by atoms with Crippen molar-refractivity contribution in [2.75, 3.05) is 18.4 Å². The lowest BCUT2D eigenvalue weighted by atomic mass is 10.1. The number of fused-ring (bicyclic) bond motifs is 2. The Morgan fingerprint density at radius 2 is 1.88 bits per heavy atom. The van der Waals surface area contributed by atoms with Crippen LogP contribution in [0.25, 0.3) is 20.2 Å². The summed E-state index contributed by atoms with van der Waals surface area (Å²) in [5.74, 6) is -0.524. The lowest BCUT2D eigenvalue weighted by Crippen LogP contribution is -2.38. The number of amides is 1. The van der Waals surface area contributed by atoms with E-state index in [1.165, 1.54) is 11.3 Å². The van der Waals surface area contributed by atoms with Gasteiger partial charge in [0, 0.05) is 15.8 Å². The predicted molar refractivity (Wildman–Crippen MR) is 110 cm³/mol. The minimum absolute atomic E-state index is 0.0588. The Morgan fingerprint density at radius 1 is 1.19 bits per heavy atom. The van der Waals surface area contributed by atoms with Gasteiger partial charge in [0.15, 0.2) is 5.43 Å². The van der Waals surface area contributed by atoms with E-state index in [2.05, 4.69) is 31.0 Å². The lowest BCUT2D eigenvalue weighted by Gasteiger charge is -2.28. The Labute approximate surface area is 156 Å². The maximum Gasteiger partial charge on any atom is 0.250 e. The molecule has 0 fully saturated rings. The van der Waals surface area contributed by atoms with E-state index in [0.717, 1.165) is 23.5 Å². The van der Waals surface area contributed by atoms with Gasteiger partial charge in [0.25, 0.3) is 0 Å². The summed E-state index contributed by atoms with van der Waals surface area (Å²) in [5, 5.41) is 4.63. The monoisotopic (exact) mass is 369 g/mol. The van der Waals surface area contributed by atoms with Crippen LogP contribution in [-0.4, -0.2) is 30.1 Å². The van der Waals surface area contributed by atoms with Gasteiger partial charge in [0.1, 0.15) is 0 Å². The summed E-state index contributed by atoms with van der Waals surface area (Å²) in [6.45, 7) is 8.07. The molecule has 26 heavy (non-hydrogen) atoms. The van der Waals surface area contributed by atoms with Gasteiger partial charge in [-0.1, -0.05) is 26.0 Å². The van der Waals surface area contributed by atoms with Crippen LogP contribution in [0.2, 0.25) is 0 Å². The summed E-state index contributed by atoms with van der Waals surface area (Å²) in [5.41, 5.74) is 6.59. The second-order valence-corrected chi connectivity index (χ2v) is 7.25. The number of nitrogens with zero attached hydrogens (tertiary/aromatic N) is 1. The molecule has 1 heterocycles. The highest BCUT2D eigenvalue weighted by Crippen LogP contribution is 2.32. The summed E-state index contributed by atoms with van der Waals surface area (Å²) in [6.07, 6.45) is 0.0588. The molecule has 0 bridgehead atoms. The van der Waals surface area contributed by atoms with E-state index >= 15 is 0 Å². The molecule has 1 unspecified atom stereocenters. The lowest BCUT2D eigenvalue weighted by molar-refractivity contribution is 0.100. The first-order valence-corrected chi connectivity index (χ1v) is 9.58. The molecule has 3 rings (SSSR count). The number of rotatable bonds is 6. The fourth-order valence-corrected chi connectivity index (χ4v) is 4.52. The number of hydrogen-bond acceptors (Lipinski definition) is 5. The zero-order valence-corrected chi connectivity index (χ0v) is 16.0. The van der Waals surface area contributed by atoms with Gasteiger partial charge in [-0.15, -0.1) is 11.3 Å². The fraction of sp³-hybridized carbons (Fsp3) is 0.300. The molecule has 1 amide bonds. The van der Waals surface area contributed by atoms with Crippen LogP contribution in [0.4, 0.5) is 5.69 Å². The smallest absolute Gasteiger partial charge is 0.250 e. The third kappa shape index (κ3) is 3.18. The van der Waals surface area contributed by atoms with Crippen LogP contribution < -0.4 is 16.5 Å². The fourth-order valence-electron chi connectivity index (χ4n) is 3.30. The van der Waals surface area contributed by atoms with Crippen LogP contribution in [0.5, 0.6) is 0 Å². The van der Waals surface area contributed by atoms with Crippen LogP contribution in [0, 0.1) is 0 Å². The number of nitrogens with two attached hydrogens (primary N) is 1. The zero-order chi connectivity index (χ0) is 18.8. The van der Waals surface area contributed by atoms with E-state index in [9.17, 15) is 9.59 Å². The number of hydrogen-bond donors (Lipinski definition) is 2. The van der Waals surface area contributed by atoms with Crippen molar-refractivity contribution in [1.82, 2.24) is 4.90 Å². The Hall–Kier alpha value is -2.44. The largest absolute Gasteiger partial charge is 0.369 e. The molecule has 0 spiro atoms. The second-order valence-electron chi connectivity index (χ2n) is 6.20. The average molecular weight is 369 g/mol. The summed E-state index contributed by atoms with van der Waals surface area (Å²) >= 11 is 1.43. The van der Waals surface area contributed by atoms with Crippen molar-refractivity contribution in [3.63, 3.8) is 0 Å². The first-order valence-electron chi connectivity index (χ1n) is 8.76. The molecule has 0 saturated carbocycles. The molecule has 1 atom stereocenters. The molecule has 3 N–H and O–H groups in total. The topological polar surface area (TPSA) is 75.4 Å². The third-order valence-corrected chi connectivity index (χ3v) is 5.92. The summed E-state index contributed by atoms with van der Waals surface area (Å²) in [4.78, 5) is 27.3. The second kappa shape index (κ2) is 7.43. The quantitative estimate of drug-likeness (QED) is 0.514. The van der Waals surface area contributed by atoms with Crippen molar-refractivity contribution in [1.29, 1.82) is 0 Å². The maximum atomic E-state index is 13.2. The van der Waals surface area contributed by atoms with Gasteiger partial charge in [-0.3, -0.25) is 14.5 Å². The number of benzene rings is 2. The molecule has 0 radical (unpaired) electrons. The Bertz CT molecular complexity index is 1020. The average Bonchev–Trinajstić information content (AvgIpc) is 2.62. The van der Waals surface area contributed by atoms with Gasteiger partial charge >= 0.3 is 0 Å². The molecule has 2 aromatic carbocycles. The number of nitrogens with one attached hydrogen (secondary N) is 1. The minimum atomic E-state index is -0.524. The number of primary amides is 1. The third-order valence-electron chi connectivity index (χ3n) is 4.72. The van der Waals surface area contributed by atoms with Crippen molar-refractivity contribution in [3.8, 4) is 0 Å². The van der Waals surface area contributed by atoms with Crippen LogP contribution >= 0.6 is 11.3 Å². The van der Waals surface area contributed by atoms with Gasteiger partial charge in [-0.2, -0.15) is 0 Å². The van der Waals surface area contributed by atoms with E-state index in [1.807, 2.05) is 24.3 Å². The Balaban J connectivity index is 2.28. The molecular formula is C20H23N3O2S. The van der Waals surface area contributed by atoms with Crippen molar-refractivity contribution in [3.05, 3.63) is 52.2 Å². The Morgan fingerprint density at radius 3 is 2.54 bits per heavy atom. The highest BCUT2D eigenvalue weighted by Gasteiger charge is 2.18. The minimum Gasteiger partial charge on any atom is -0.369 e. The van der Waals surface area contributed by atoms with E-state index in [4.69, 9.17) is 5.73 Å². The summed E-state index contributed by atoms with van der Waals surface area (Å²) in [6, 6.07) is 10.9. The van der Waals surface area contributed by atoms with Crippen LogP contribution in [0.3, 0.4) is 0 Å². The highest BCUT2D eigenvalue weighted by molar-refractivity contribution is 7.25. The molecule has 136 valence electrons. The van der Waals surface area contributed by atoms with Crippen molar-refractivity contribution in [2.24, 2.45) is 5.73 Å². The molecule has 0 saturated heterocycles. The van der Waals surface area contributed by atoms with E-state index in [0.29, 0.717) is 21.0 Å². The van der Waals surface area contributed by atoms with Gasteiger partial charge in [-0.25, -0.2) is 0 Å². The first kappa shape index (κ1) is 18.4. The number of anilines is 1. The SMILES string of the molecule is CCN(CC)C(C)Nc1ccc(C(N)=O)c2sc3ccccc3c(=O)c12. The molecule has 6 heteroatoms. The molecule has 5 nitrogen and oxygen atoms in total. The first-order chi connectivity index (χ1) is 12.5. The molecule has 0 aliphatic heterocycles. The van der Waals surface area contributed by atoms with Gasteiger partial charge in [-0.05, 0) is 44.3 Å². The van der Waals surface area contributed by atoms with Gasteiger partial charge in [0.2, 0.25) is 5.91 Å². The standard InChI is InChI=1S/C20H23N3O2S/c1-4-23(5-2)12(3)22-15-11-10-14(20(21)25)19-17(15)18(24)13-8-6-7-9-16(13)26-19/h6-12,22H,4-5H2,1-3H3,(H2,21,25). The zero-order valence-electron chi connectivity index (χ0n) is 15.2. The van der Waals surface area contributed by atoms with Crippen LogP contribution in [0.15, 0.2) is 41.2 Å². The van der Waals surface area contributed by atoms with E-state index < -0.39 is 5.91 Å². The summed E-state index contributed by atoms with van der Waals surface area (Å²) in [7, 11) is 0.